The van der Waals surface area contributed by atoms with Gasteiger partial charge in [0.1, 0.15) is 5.65 Å². The molecule has 1 aliphatic heterocycles. The van der Waals surface area contributed by atoms with Crippen LogP contribution in [-0.4, -0.2) is 44.0 Å². The van der Waals surface area contributed by atoms with Crippen LogP contribution in [0.1, 0.15) is 63.9 Å². The average Bonchev–Trinajstić information content (AvgIpc) is 3.24. The van der Waals surface area contributed by atoms with Gasteiger partial charge in [0.2, 0.25) is 5.95 Å². The summed E-state index contributed by atoms with van der Waals surface area (Å²) in [5.74, 6) is -0.940. The van der Waals surface area contributed by atoms with Crippen LogP contribution in [0.15, 0.2) is 51.7 Å². The Kier molecular flexibility index (Phi) is 7.39. The van der Waals surface area contributed by atoms with Crippen molar-refractivity contribution >= 4 is 33.4 Å². The average molecular weight is 609 g/mol. The molecule has 0 saturated heterocycles. The fourth-order valence-corrected chi connectivity index (χ4v) is 5.60. The van der Waals surface area contributed by atoms with E-state index in [1.807, 2.05) is 39.8 Å². The summed E-state index contributed by atoms with van der Waals surface area (Å²) in [4.78, 5) is 41.6. The quantitative estimate of drug-likeness (QED) is 0.351. The fourth-order valence-electron chi connectivity index (χ4n) is 5.35. The standard InChI is InChI=1S/C30H31BrFN5O3/c1-16(2)12-23-26(32)34-37-25-15-35(29(39)20-8-11-24(31)17(3)13-20)18(4)14-22(25)30(40)36(28(23)37)21-9-6-19(7-10-21)27(38)33-5/h6-11,13,16,18H,12,14-15H2,1-5H3,(H,33,38). The Morgan fingerprint density at radius 1 is 1.15 bits per heavy atom. The summed E-state index contributed by atoms with van der Waals surface area (Å²) < 4.78 is 19.4. The minimum atomic E-state index is -0.641. The molecular weight excluding hydrogens is 577 g/mol. The summed E-state index contributed by atoms with van der Waals surface area (Å²) in [5.41, 5.74) is 3.83. The van der Waals surface area contributed by atoms with Gasteiger partial charge < -0.3 is 10.2 Å². The summed E-state index contributed by atoms with van der Waals surface area (Å²) in [7, 11) is 1.55. The Bertz CT molecular complexity index is 1710. The van der Waals surface area contributed by atoms with Gasteiger partial charge in [0.15, 0.2) is 0 Å². The third kappa shape index (κ3) is 4.74. The van der Waals surface area contributed by atoms with Crippen molar-refractivity contribution in [2.24, 2.45) is 5.92 Å². The lowest BCUT2D eigenvalue weighted by molar-refractivity contribution is 0.0650. The molecule has 1 N–H and O–H groups in total. The van der Waals surface area contributed by atoms with Crippen LogP contribution in [0.5, 0.6) is 0 Å². The Morgan fingerprint density at radius 2 is 1.82 bits per heavy atom. The van der Waals surface area contributed by atoms with Gasteiger partial charge in [0.25, 0.3) is 17.4 Å². The number of carbonyl (C=O) groups is 2. The topological polar surface area (TPSA) is 88.7 Å². The van der Waals surface area contributed by atoms with Gasteiger partial charge in [-0.1, -0.05) is 29.8 Å². The van der Waals surface area contributed by atoms with Gasteiger partial charge in [-0.25, -0.2) is 4.52 Å². The number of aryl methyl sites for hydroxylation is 1. The van der Waals surface area contributed by atoms with Crippen LogP contribution in [0.25, 0.3) is 11.3 Å². The van der Waals surface area contributed by atoms with Gasteiger partial charge in [-0.3, -0.25) is 19.0 Å². The third-order valence-corrected chi connectivity index (χ3v) is 8.32. The highest BCUT2D eigenvalue weighted by atomic mass is 79.9. The van der Waals surface area contributed by atoms with Crippen molar-refractivity contribution in [3.8, 4) is 5.69 Å². The van der Waals surface area contributed by atoms with E-state index in [0.717, 1.165) is 10.0 Å². The van der Waals surface area contributed by atoms with E-state index < -0.39 is 5.95 Å². The SMILES string of the molecule is CNC(=O)c1ccc(-n2c(=O)c3c(n4nc(F)c(CC(C)C)c24)CN(C(=O)c2ccc(Br)c(C)c2)C(C)C3)cc1. The number of halogens is 2. The number of benzene rings is 2. The molecule has 3 heterocycles. The van der Waals surface area contributed by atoms with E-state index in [9.17, 15) is 14.4 Å². The minimum Gasteiger partial charge on any atom is -0.355 e. The lowest BCUT2D eigenvalue weighted by Gasteiger charge is -2.35. The molecule has 1 unspecified atom stereocenters. The van der Waals surface area contributed by atoms with Crippen LogP contribution in [-0.2, 0) is 19.4 Å². The number of hydrogen-bond donors (Lipinski definition) is 1. The van der Waals surface area contributed by atoms with Gasteiger partial charge in [0, 0.05) is 34.3 Å². The molecule has 40 heavy (non-hydrogen) atoms. The second-order valence-electron chi connectivity index (χ2n) is 10.7. The maximum atomic E-state index is 15.5. The molecule has 2 aromatic heterocycles. The summed E-state index contributed by atoms with van der Waals surface area (Å²) >= 11 is 3.48. The maximum absolute atomic E-state index is 15.5. The molecular formula is C30H31BrFN5O3. The number of amides is 2. The number of hydrogen-bond acceptors (Lipinski definition) is 4. The molecule has 1 atom stereocenters. The zero-order valence-corrected chi connectivity index (χ0v) is 24.7. The molecule has 0 aliphatic carbocycles. The zero-order valence-electron chi connectivity index (χ0n) is 23.1. The highest BCUT2D eigenvalue weighted by Crippen LogP contribution is 2.29. The van der Waals surface area contributed by atoms with Crippen molar-refractivity contribution in [2.75, 3.05) is 7.05 Å². The van der Waals surface area contributed by atoms with E-state index in [4.69, 9.17) is 0 Å². The third-order valence-electron chi connectivity index (χ3n) is 7.43. The fraction of sp³-hybridized carbons (Fsp3) is 0.333. The van der Waals surface area contributed by atoms with Gasteiger partial charge in [-0.2, -0.15) is 4.39 Å². The minimum absolute atomic E-state index is 0.108. The van der Waals surface area contributed by atoms with Crippen molar-refractivity contribution in [2.45, 2.75) is 53.1 Å². The molecule has 1 aliphatic rings. The van der Waals surface area contributed by atoms with E-state index >= 15 is 4.39 Å². The lowest BCUT2D eigenvalue weighted by Crippen LogP contribution is -2.46. The smallest absolute Gasteiger partial charge is 0.261 e. The molecule has 2 aromatic carbocycles. The Labute approximate surface area is 239 Å². The summed E-state index contributed by atoms with van der Waals surface area (Å²) in [5, 5.41) is 6.85. The highest BCUT2D eigenvalue weighted by Gasteiger charge is 2.34. The van der Waals surface area contributed by atoms with Crippen LogP contribution in [0.2, 0.25) is 0 Å². The summed E-state index contributed by atoms with van der Waals surface area (Å²) in [6, 6.07) is 11.8. The van der Waals surface area contributed by atoms with E-state index in [0.29, 0.717) is 52.1 Å². The number of nitrogens with zero attached hydrogens (tertiary/aromatic N) is 4. The van der Waals surface area contributed by atoms with Crippen LogP contribution >= 0.6 is 15.9 Å². The number of carbonyl (C=O) groups excluding carboxylic acids is 2. The monoisotopic (exact) mass is 607 g/mol. The molecule has 2 amide bonds. The van der Waals surface area contributed by atoms with Crippen LogP contribution < -0.4 is 10.9 Å². The van der Waals surface area contributed by atoms with Gasteiger partial charge in [-0.05, 0) is 80.6 Å². The van der Waals surface area contributed by atoms with Gasteiger partial charge in [-0.15, -0.1) is 5.10 Å². The molecule has 0 bridgehead atoms. The highest BCUT2D eigenvalue weighted by molar-refractivity contribution is 9.10. The zero-order chi connectivity index (χ0) is 28.9. The maximum Gasteiger partial charge on any atom is 0.261 e. The normalized spacial score (nSPS) is 15.0. The molecule has 208 valence electrons. The van der Waals surface area contributed by atoms with E-state index in [2.05, 4.69) is 26.3 Å². The molecule has 0 fully saturated rings. The van der Waals surface area contributed by atoms with Gasteiger partial charge >= 0.3 is 0 Å². The largest absolute Gasteiger partial charge is 0.355 e. The van der Waals surface area contributed by atoms with Crippen LogP contribution in [0.3, 0.4) is 0 Å². The second-order valence-corrected chi connectivity index (χ2v) is 11.6. The summed E-state index contributed by atoms with van der Waals surface area (Å²) in [6.45, 7) is 7.90. The first kappa shape index (κ1) is 27.8. The number of rotatable bonds is 5. The first-order valence-corrected chi connectivity index (χ1v) is 14.0. The van der Waals surface area contributed by atoms with E-state index in [-0.39, 0.29) is 35.9 Å². The first-order chi connectivity index (χ1) is 19.0. The van der Waals surface area contributed by atoms with Crippen molar-refractivity contribution in [1.82, 2.24) is 24.4 Å². The molecule has 8 nitrogen and oxygen atoms in total. The molecule has 0 radical (unpaired) electrons. The predicted octanol–water partition coefficient (Wildman–Crippen LogP) is 4.84. The van der Waals surface area contributed by atoms with E-state index in [1.165, 1.54) is 9.08 Å². The first-order valence-electron chi connectivity index (χ1n) is 13.2. The lowest BCUT2D eigenvalue weighted by atomic mass is 9.97. The second kappa shape index (κ2) is 10.6. The van der Waals surface area contributed by atoms with Crippen molar-refractivity contribution in [3.05, 3.63) is 96.7 Å². The number of aromatic nitrogens is 3. The van der Waals surface area contributed by atoms with Crippen molar-refractivity contribution in [3.63, 3.8) is 0 Å². The van der Waals surface area contributed by atoms with E-state index in [1.54, 1.807) is 42.3 Å². The van der Waals surface area contributed by atoms with Crippen molar-refractivity contribution in [1.29, 1.82) is 0 Å². The Morgan fingerprint density at radius 3 is 2.45 bits per heavy atom. The molecule has 4 aromatic rings. The summed E-state index contributed by atoms with van der Waals surface area (Å²) in [6.07, 6.45) is 0.670. The number of nitrogens with one attached hydrogen (secondary N) is 1. The molecule has 0 saturated carbocycles. The Balaban J connectivity index is 1.70. The van der Waals surface area contributed by atoms with Crippen molar-refractivity contribution < 1.29 is 14.0 Å². The van der Waals surface area contributed by atoms with Gasteiger partial charge in [0.05, 0.1) is 23.5 Å². The van der Waals surface area contributed by atoms with Crippen LogP contribution in [0.4, 0.5) is 4.39 Å². The van der Waals surface area contributed by atoms with Crippen LogP contribution in [0, 0.1) is 18.8 Å². The molecule has 0 spiro atoms. The molecule has 10 heteroatoms. The molecule has 5 rings (SSSR count). The Hall–Kier alpha value is -3.79. The predicted molar refractivity (Wildman–Crippen MR) is 155 cm³/mol. The number of fused-ring (bicyclic) bond motifs is 3.